The third-order valence-electron chi connectivity index (χ3n) is 5.67. The van der Waals surface area contributed by atoms with Crippen molar-refractivity contribution in [2.45, 2.75) is 44.8 Å². The monoisotopic (exact) mass is 429 g/mol. The summed E-state index contributed by atoms with van der Waals surface area (Å²) in [4.78, 5) is 12.5. The lowest BCUT2D eigenvalue weighted by molar-refractivity contribution is -0.183. The number of alkyl halides is 3. The van der Waals surface area contributed by atoms with Gasteiger partial charge >= 0.3 is 6.18 Å². The van der Waals surface area contributed by atoms with E-state index in [0.717, 1.165) is 11.1 Å². The second kappa shape index (κ2) is 8.53. The van der Waals surface area contributed by atoms with Gasteiger partial charge in [-0.1, -0.05) is 24.6 Å². The molecule has 0 spiro atoms. The van der Waals surface area contributed by atoms with Gasteiger partial charge < -0.3 is 9.73 Å². The van der Waals surface area contributed by atoms with E-state index in [9.17, 15) is 18.0 Å². The maximum atomic E-state index is 13.0. The molecule has 162 valence electrons. The quantitative estimate of drug-likeness (QED) is 0.589. The molecule has 1 saturated carbocycles. The minimum atomic E-state index is -4.22. The molecule has 2 atom stereocenters. The summed E-state index contributed by atoms with van der Waals surface area (Å²) >= 11 is 0. The summed E-state index contributed by atoms with van der Waals surface area (Å²) in [6.45, 7) is 1.95. The van der Waals surface area contributed by atoms with Gasteiger partial charge in [0.05, 0.1) is 5.92 Å². The molecule has 0 bridgehead atoms. The van der Waals surface area contributed by atoms with Crippen molar-refractivity contribution in [2.24, 2.45) is 5.92 Å². The molecule has 4 rings (SSSR count). The SMILES string of the molecule is Cc1ccccc1-c1nnc(-c2ccc(C(=O)N[C@@H]3CCC[C@H](C(F)(F)F)C3)cc2)o1. The predicted molar refractivity (Wildman–Crippen MR) is 109 cm³/mol. The molecule has 5 nitrogen and oxygen atoms in total. The molecule has 1 amide bonds. The Hall–Kier alpha value is -3.16. The van der Waals surface area contributed by atoms with E-state index < -0.39 is 18.1 Å². The van der Waals surface area contributed by atoms with Crippen LogP contribution in [0.2, 0.25) is 0 Å². The van der Waals surface area contributed by atoms with Gasteiger partial charge in [0.2, 0.25) is 11.8 Å². The number of hydrogen-bond donors (Lipinski definition) is 1. The van der Waals surface area contributed by atoms with Crippen LogP contribution in [0, 0.1) is 12.8 Å². The molecular formula is C23H22F3N3O2. The summed E-state index contributed by atoms with van der Waals surface area (Å²) < 4.78 is 44.7. The molecular weight excluding hydrogens is 407 g/mol. The molecule has 1 N–H and O–H groups in total. The molecule has 0 aliphatic heterocycles. The Morgan fingerprint density at radius 1 is 1.03 bits per heavy atom. The molecule has 1 aliphatic rings. The molecule has 1 aromatic heterocycles. The van der Waals surface area contributed by atoms with Crippen LogP contribution in [0.4, 0.5) is 13.2 Å². The number of rotatable bonds is 4. The fourth-order valence-corrected chi connectivity index (χ4v) is 3.91. The van der Waals surface area contributed by atoms with Gasteiger partial charge in [-0.05, 0) is 62.1 Å². The summed E-state index contributed by atoms with van der Waals surface area (Å²) in [5.41, 5.74) is 2.89. The standard InChI is InChI=1S/C23H22F3N3O2/c1-14-5-2-3-8-19(14)22-29-28-21(31-22)16-11-9-15(10-12-16)20(30)27-18-7-4-6-17(13-18)23(24,25)26/h2-3,5,8-12,17-18H,4,6-7,13H2,1H3,(H,27,30)/t17-,18+/m0/s1. The Morgan fingerprint density at radius 3 is 2.45 bits per heavy atom. The summed E-state index contributed by atoms with van der Waals surface area (Å²) in [5, 5.41) is 10.9. The lowest BCUT2D eigenvalue weighted by atomic mass is 9.85. The Balaban J connectivity index is 1.43. The Labute approximate surface area is 177 Å². The number of aryl methyl sites for hydroxylation is 1. The summed E-state index contributed by atoms with van der Waals surface area (Å²) in [5.74, 6) is -1.00. The maximum absolute atomic E-state index is 13.0. The number of aromatic nitrogens is 2. The fourth-order valence-electron chi connectivity index (χ4n) is 3.91. The lowest BCUT2D eigenvalue weighted by Gasteiger charge is -2.31. The number of amides is 1. The number of carbonyl (C=O) groups is 1. The molecule has 1 fully saturated rings. The van der Waals surface area contributed by atoms with Crippen LogP contribution in [0.25, 0.3) is 22.9 Å². The van der Waals surface area contributed by atoms with Gasteiger partial charge in [-0.2, -0.15) is 13.2 Å². The zero-order valence-electron chi connectivity index (χ0n) is 16.9. The summed E-state index contributed by atoms with van der Waals surface area (Å²) in [7, 11) is 0. The summed E-state index contributed by atoms with van der Waals surface area (Å²) in [6.07, 6.45) is -3.16. The number of carbonyl (C=O) groups excluding carboxylic acids is 1. The van der Waals surface area contributed by atoms with Crippen molar-refractivity contribution in [3.8, 4) is 22.9 Å². The summed E-state index contributed by atoms with van der Waals surface area (Å²) in [6, 6.07) is 13.8. The van der Waals surface area contributed by atoms with E-state index in [1.165, 1.54) is 0 Å². The minimum absolute atomic E-state index is 0.0724. The van der Waals surface area contributed by atoms with Crippen LogP contribution >= 0.6 is 0 Å². The average Bonchev–Trinajstić information content (AvgIpc) is 3.24. The van der Waals surface area contributed by atoms with Crippen LogP contribution in [-0.2, 0) is 0 Å². The van der Waals surface area contributed by atoms with Crippen LogP contribution in [-0.4, -0.2) is 28.3 Å². The van der Waals surface area contributed by atoms with Crippen molar-refractivity contribution in [1.29, 1.82) is 0 Å². The number of halogens is 3. The maximum Gasteiger partial charge on any atom is 0.391 e. The first-order valence-electron chi connectivity index (χ1n) is 10.2. The molecule has 2 aromatic carbocycles. The first-order valence-corrected chi connectivity index (χ1v) is 10.2. The first-order chi connectivity index (χ1) is 14.8. The fraction of sp³-hybridized carbons (Fsp3) is 0.348. The van der Waals surface area contributed by atoms with Gasteiger partial charge in [0.25, 0.3) is 5.91 Å². The van der Waals surface area contributed by atoms with Crippen molar-refractivity contribution in [2.75, 3.05) is 0 Å². The Morgan fingerprint density at radius 2 is 1.74 bits per heavy atom. The van der Waals surface area contributed by atoms with E-state index in [2.05, 4.69) is 15.5 Å². The molecule has 1 aliphatic carbocycles. The van der Waals surface area contributed by atoms with Crippen LogP contribution in [0.15, 0.2) is 52.9 Å². The van der Waals surface area contributed by atoms with E-state index in [0.29, 0.717) is 35.7 Å². The van der Waals surface area contributed by atoms with Gasteiger partial charge in [-0.15, -0.1) is 10.2 Å². The van der Waals surface area contributed by atoms with Gasteiger partial charge in [-0.25, -0.2) is 0 Å². The van der Waals surface area contributed by atoms with Gasteiger partial charge in [0.1, 0.15) is 0 Å². The van der Waals surface area contributed by atoms with E-state index >= 15 is 0 Å². The largest absolute Gasteiger partial charge is 0.416 e. The van der Waals surface area contributed by atoms with E-state index in [1.807, 2.05) is 31.2 Å². The molecule has 8 heteroatoms. The second-order valence-electron chi connectivity index (χ2n) is 7.88. The highest BCUT2D eigenvalue weighted by molar-refractivity contribution is 5.94. The lowest BCUT2D eigenvalue weighted by Crippen LogP contribution is -2.41. The van der Waals surface area contributed by atoms with Gasteiger partial charge in [-0.3, -0.25) is 4.79 Å². The van der Waals surface area contributed by atoms with Crippen molar-refractivity contribution in [1.82, 2.24) is 15.5 Å². The number of benzene rings is 2. The number of nitrogens with one attached hydrogen (secondary N) is 1. The molecule has 0 radical (unpaired) electrons. The van der Waals surface area contributed by atoms with Crippen molar-refractivity contribution < 1.29 is 22.4 Å². The third kappa shape index (κ3) is 4.78. The van der Waals surface area contributed by atoms with Crippen LogP contribution in [0.1, 0.15) is 41.6 Å². The van der Waals surface area contributed by atoms with Gasteiger partial charge in [0.15, 0.2) is 0 Å². The van der Waals surface area contributed by atoms with Crippen molar-refractivity contribution >= 4 is 5.91 Å². The highest BCUT2D eigenvalue weighted by atomic mass is 19.4. The minimum Gasteiger partial charge on any atom is -0.416 e. The van der Waals surface area contributed by atoms with E-state index in [-0.39, 0.29) is 18.7 Å². The molecule has 3 aromatic rings. The molecule has 31 heavy (non-hydrogen) atoms. The van der Waals surface area contributed by atoms with E-state index in [4.69, 9.17) is 4.42 Å². The number of nitrogens with zero attached hydrogens (tertiary/aromatic N) is 2. The Kier molecular flexibility index (Phi) is 5.80. The van der Waals surface area contributed by atoms with Gasteiger partial charge in [0, 0.05) is 22.7 Å². The van der Waals surface area contributed by atoms with E-state index in [1.54, 1.807) is 24.3 Å². The third-order valence-corrected chi connectivity index (χ3v) is 5.67. The topological polar surface area (TPSA) is 68.0 Å². The zero-order chi connectivity index (χ0) is 22.0. The number of hydrogen-bond acceptors (Lipinski definition) is 4. The average molecular weight is 429 g/mol. The Bertz CT molecular complexity index is 1060. The highest BCUT2D eigenvalue weighted by Crippen LogP contribution is 2.37. The molecule has 1 heterocycles. The predicted octanol–water partition coefficient (Wildman–Crippen LogP) is 5.56. The molecule has 0 unspecified atom stereocenters. The van der Waals surface area contributed by atoms with Crippen LogP contribution in [0.5, 0.6) is 0 Å². The molecule has 0 saturated heterocycles. The normalized spacial score (nSPS) is 19.2. The van der Waals surface area contributed by atoms with Crippen LogP contribution < -0.4 is 5.32 Å². The highest BCUT2D eigenvalue weighted by Gasteiger charge is 2.42. The van der Waals surface area contributed by atoms with Crippen LogP contribution in [0.3, 0.4) is 0 Å². The first kappa shape index (κ1) is 21.1. The van der Waals surface area contributed by atoms with Crippen molar-refractivity contribution in [3.05, 3.63) is 59.7 Å². The second-order valence-corrected chi connectivity index (χ2v) is 7.88. The van der Waals surface area contributed by atoms with Crippen molar-refractivity contribution in [3.63, 3.8) is 0 Å². The zero-order valence-corrected chi connectivity index (χ0v) is 16.9. The smallest absolute Gasteiger partial charge is 0.391 e.